The molecule has 0 N–H and O–H groups in total. The highest BCUT2D eigenvalue weighted by atomic mass is 79.9. The lowest BCUT2D eigenvalue weighted by atomic mass is 10.0. The Bertz CT molecular complexity index is 432. The summed E-state index contributed by atoms with van der Waals surface area (Å²) in [4.78, 5) is 14.2. The molecular formula is C15H22BrNO2. The molecule has 0 spiro atoms. The Kier molecular flexibility index (Phi) is 5.85. The molecule has 106 valence electrons. The van der Waals surface area contributed by atoms with Crippen molar-refractivity contribution < 1.29 is 9.53 Å². The van der Waals surface area contributed by atoms with Crippen molar-refractivity contribution in [3.63, 3.8) is 0 Å². The topological polar surface area (TPSA) is 29.5 Å². The third kappa shape index (κ3) is 4.23. The molecule has 1 rings (SSSR count). The lowest BCUT2D eigenvalue weighted by molar-refractivity contribution is 0.0663. The molecule has 0 aromatic heterocycles. The second-order valence-corrected chi connectivity index (χ2v) is 5.75. The van der Waals surface area contributed by atoms with Crippen LogP contribution in [0.15, 0.2) is 24.3 Å². The number of carbonyl (C=O) groups is 1. The summed E-state index contributed by atoms with van der Waals surface area (Å²) in [5.74, 6) is 0.754. The highest BCUT2D eigenvalue weighted by Crippen LogP contribution is 2.20. The van der Waals surface area contributed by atoms with E-state index in [9.17, 15) is 4.79 Å². The summed E-state index contributed by atoms with van der Waals surface area (Å²) in [6, 6.07) is 7.36. The first-order chi connectivity index (χ1) is 8.92. The van der Waals surface area contributed by atoms with Crippen molar-refractivity contribution in [1.29, 1.82) is 0 Å². The summed E-state index contributed by atoms with van der Waals surface area (Å²) < 4.78 is 5.56. The molecule has 0 atom stereocenters. The van der Waals surface area contributed by atoms with Crippen LogP contribution in [0, 0.1) is 0 Å². The van der Waals surface area contributed by atoms with Crippen molar-refractivity contribution in [2.24, 2.45) is 0 Å². The third-order valence-corrected chi connectivity index (χ3v) is 4.47. The first kappa shape index (κ1) is 16.0. The molecule has 1 aromatic carbocycles. The summed E-state index contributed by atoms with van der Waals surface area (Å²) in [6.07, 6.45) is 0.953. The van der Waals surface area contributed by atoms with Gasteiger partial charge in [0.05, 0.1) is 6.61 Å². The zero-order valence-electron chi connectivity index (χ0n) is 12.1. The number of halogens is 1. The Balaban J connectivity index is 2.88. The van der Waals surface area contributed by atoms with Gasteiger partial charge in [-0.1, -0.05) is 28.9 Å². The monoisotopic (exact) mass is 327 g/mol. The molecule has 0 fully saturated rings. The van der Waals surface area contributed by atoms with Gasteiger partial charge in [-0.05, 0) is 38.5 Å². The number of benzene rings is 1. The molecule has 0 radical (unpaired) electrons. The Morgan fingerprint density at radius 1 is 1.42 bits per heavy atom. The first-order valence-corrected chi connectivity index (χ1v) is 7.61. The number of alkyl halides is 1. The van der Waals surface area contributed by atoms with Crippen LogP contribution in [-0.4, -0.2) is 35.3 Å². The molecule has 0 aliphatic rings. The maximum Gasteiger partial charge on any atom is 0.254 e. The van der Waals surface area contributed by atoms with E-state index in [-0.39, 0.29) is 11.4 Å². The molecule has 1 amide bonds. The van der Waals surface area contributed by atoms with Gasteiger partial charge in [0, 0.05) is 23.5 Å². The van der Waals surface area contributed by atoms with Crippen LogP contribution in [0.5, 0.6) is 5.75 Å². The Morgan fingerprint density at radius 2 is 2.11 bits per heavy atom. The Labute approximate surface area is 124 Å². The van der Waals surface area contributed by atoms with E-state index in [1.54, 1.807) is 11.0 Å². The molecule has 0 saturated heterocycles. The standard InChI is InChI=1S/C15H22BrNO2/c1-5-9-19-13-8-6-7-12(10-13)14(18)17(4)15(2,3)11-16/h6-8,10H,5,9,11H2,1-4H3. The van der Waals surface area contributed by atoms with Crippen LogP contribution >= 0.6 is 15.9 Å². The number of nitrogens with zero attached hydrogens (tertiary/aromatic N) is 1. The van der Waals surface area contributed by atoms with Gasteiger partial charge >= 0.3 is 0 Å². The van der Waals surface area contributed by atoms with Gasteiger partial charge in [-0.15, -0.1) is 0 Å². The van der Waals surface area contributed by atoms with Gasteiger partial charge < -0.3 is 9.64 Å². The minimum absolute atomic E-state index is 0.00592. The summed E-state index contributed by atoms with van der Waals surface area (Å²) in [6.45, 7) is 6.77. The molecule has 0 aliphatic heterocycles. The summed E-state index contributed by atoms with van der Waals surface area (Å²) in [5, 5.41) is 0.730. The molecule has 0 bridgehead atoms. The molecule has 0 saturated carbocycles. The van der Waals surface area contributed by atoms with Crippen LogP contribution in [0.1, 0.15) is 37.6 Å². The van der Waals surface area contributed by atoms with E-state index in [4.69, 9.17) is 4.74 Å². The lowest BCUT2D eigenvalue weighted by Gasteiger charge is -2.34. The maximum atomic E-state index is 12.4. The fraction of sp³-hybridized carbons (Fsp3) is 0.533. The van der Waals surface area contributed by atoms with Gasteiger partial charge in [0.25, 0.3) is 5.91 Å². The number of rotatable bonds is 6. The fourth-order valence-corrected chi connectivity index (χ4v) is 1.87. The van der Waals surface area contributed by atoms with Gasteiger partial charge in [-0.3, -0.25) is 4.79 Å². The summed E-state index contributed by atoms with van der Waals surface area (Å²) >= 11 is 3.44. The van der Waals surface area contributed by atoms with Gasteiger partial charge in [0.2, 0.25) is 0 Å². The predicted octanol–water partition coefficient (Wildman–Crippen LogP) is 3.72. The molecule has 0 heterocycles. The van der Waals surface area contributed by atoms with Crippen LogP contribution in [0.4, 0.5) is 0 Å². The smallest absolute Gasteiger partial charge is 0.254 e. The van der Waals surface area contributed by atoms with Crippen molar-refractivity contribution in [1.82, 2.24) is 4.90 Å². The molecule has 4 heteroatoms. The van der Waals surface area contributed by atoms with Crippen molar-refractivity contribution in [2.75, 3.05) is 19.0 Å². The number of hydrogen-bond acceptors (Lipinski definition) is 2. The van der Waals surface area contributed by atoms with Gasteiger partial charge in [0.15, 0.2) is 0 Å². The third-order valence-electron chi connectivity index (χ3n) is 3.09. The van der Waals surface area contributed by atoms with E-state index in [2.05, 4.69) is 22.9 Å². The van der Waals surface area contributed by atoms with E-state index in [0.29, 0.717) is 12.2 Å². The van der Waals surface area contributed by atoms with E-state index < -0.39 is 0 Å². The second-order valence-electron chi connectivity index (χ2n) is 5.19. The fourth-order valence-electron chi connectivity index (χ4n) is 1.50. The maximum absolute atomic E-state index is 12.4. The van der Waals surface area contributed by atoms with Crippen molar-refractivity contribution in [3.8, 4) is 5.75 Å². The largest absolute Gasteiger partial charge is 0.494 e. The SMILES string of the molecule is CCCOc1cccc(C(=O)N(C)C(C)(C)CBr)c1. The molecule has 19 heavy (non-hydrogen) atoms. The normalized spacial score (nSPS) is 11.2. The van der Waals surface area contributed by atoms with Crippen LogP contribution in [-0.2, 0) is 0 Å². The Hall–Kier alpha value is -1.03. The predicted molar refractivity (Wildman–Crippen MR) is 82.2 cm³/mol. The highest BCUT2D eigenvalue weighted by Gasteiger charge is 2.27. The highest BCUT2D eigenvalue weighted by molar-refractivity contribution is 9.09. The summed E-state index contributed by atoms with van der Waals surface area (Å²) in [7, 11) is 1.82. The van der Waals surface area contributed by atoms with Gasteiger partial charge in [-0.2, -0.15) is 0 Å². The van der Waals surface area contributed by atoms with E-state index >= 15 is 0 Å². The number of ether oxygens (including phenoxy) is 1. The molecule has 3 nitrogen and oxygen atoms in total. The molecule has 1 aromatic rings. The number of carbonyl (C=O) groups excluding carboxylic acids is 1. The van der Waals surface area contributed by atoms with Crippen molar-refractivity contribution >= 4 is 21.8 Å². The lowest BCUT2D eigenvalue weighted by Crippen LogP contribution is -2.46. The minimum Gasteiger partial charge on any atom is -0.494 e. The van der Waals surface area contributed by atoms with Crippen LogP contribution in [0.3, 0.4) is 0 Å². The minimum atomic E-state index is -0.225. The molecule has 0 aliphatic carbocycles. The Morgan fingerprint density at radius 3 is 2.68 bits per heavy atom. The molecular weight excluding hydrogens is 306 g/mol. The van der Waals surface area contributed by atoms with Crippen molar-refractivity contribution in [2.45, 2.75) is 32.7 Å². The average Bonchev–Trinajstić information content (AvgIpc) is 2.43. The van der Waals surface area contributed by atoms with E-state index in [1.807, 2.05) is 39.1 Å². The van der Waals surface area contributed by atoms with Gasteiger partial charge in [0.1, 0.15) is 5.75 Å². The van der Waals surface area contributed by atoms with E-state index in [1.165, 1.54) is 0 Å². The average molecular weight is 328 g/mol. The molecule has 0 unspecified atom stereocenters. The van der Waals surface area contributed by atoms with Crippen LogP contribution < -0.4 is 4.74 Å². The van der Waals surface area contributed by atoms with Crippen LogP contribution in [0.25, 0.3) is 0 Å². The second kappa shape index (κ2) is 6.94. The van der Waals surface area contributed by atoms with Crippen molar-refractivity contribution in [3.05, 3.63) is 29.8 Å². The number of amides is 1. The first-order valence-electron chi connectivity index (χ1n) is 6.49. The zero-order valence-corrected chi connectivity index (χ0v) is 13.7. The quantitative estimate of drug-likeness (QED) is 0.745. The summed E-state index contributed by atoms with van der Waals surface area (Å²) in [5.41, 5.74) is 0.433. The number of hydrogen-bond donors (Lipinski definition) is 0. The zero-order chi connectivity index (χ0) is 14.5. The van der Waals surface area contributed by atoms with E-state index in [0.717, 1.165) is 17.5 Å². The van der Waals surface area contributed by atoms with Crippen LogP contribution in [0.2, 0.25) is 0 Å². The van der Waals surface area contributed by atoms with Gasteiger partial charge in [-0.25, -0.2) is 0 Å².